The molecule has 4 aromatic rings. The number of hydrogen-bond donors (Lipinski definition) is 2. The Morgan fingerprint density at radius 3 is 1.63 bits per heavy atom. The summed E-state index contributed by atoms with van der Waals surface area (Å²) >= 11 is 9.45. The maximum atomic E-state index is 12.1. The fourth-order valence-electron chi connectivity index (χ4n) is 6.41. The lowest BCUT2D eigenvalue weighted by molar-refractivity contribution is 0.0491. The van der Waals surface area contributed by atoms with Crippen molar-refractivity contribution in [3.63, 3.8) is 0 Å². The number of methoxy groups -OCH3 is 2. The molecule has 0 atom stereocenters. The molecule has 0 saturated carbocycles. The second-order valence-electron chi connectivity index (χ2n) is 16.0. The fraction of sp³-hybridized carbons (Fsp3) is 0.565. The quantitative estimate of drug-likeness (QED) is 0.0790. The number of pyridine rings is 2. The van der Waals surface area contributed by atoms with E-state index >= 15 is 0 Å². The van der Waals surface area contributed by atoms with Gasteiger partial charge in [-0.1, -0.05) is 25.4 Å². The highest BCUT2D eigenvalue weighted by Crippen LogP contribution is 2.36. The van der Waals surface area contributed by atoms with Gasteiger partial charge in [0.2, 0.25) is 11.5 Å². The molecule has 0 aliphatic carbocycles. The van der Waals surface area contributed by atoms with E-state index in [-0.39, 0.29) is 41.8 Å². The first-order valence-corrected chi connectivity index (χ1v) is 24.9. The average Bonchev–Trinajstić information content (AvgIpc) is 3.30. The molecule has 6 rings (SSSR count). The second kappa shape index (κ2) is 28.2. The summed E-state index contributed by atoms with van der Waals surface area (Å²) in [4.78, 5) is 52.9. The normalized spacial score (nSPS) is 14.0. The lowest BCUT2D eigenvalue weighted by atomic mass is 10.1. The lowest BCUT2D eigenvalue weighted by Crippen LogP contribution is -2.42. The molecule has 2 aliphatic rings. The summed E-state index contributed by atoms with van der Waals surface area (Å²) in [6, 6.07) is 7.89. The molecule has 0 radical (unpaired) electrons. The Morgan fingerprint density at radius 1 is 0.716 bits per heavy atom. The predicted octanol–water partition coefficient (Wildman–Crippen LogP) is 9.82. The number of piperidine rings is 2. The highest BCUT2D eigenvalue weighted by Gasteiger charge is 2.29. The Labute approximate surface area is 408 Å². The van der Waals surface area contributed by atoms with Crippen molar-refractivity contribution in [3.8, 4) is 23.3 Å². The number of likely N-dealkylation sites (tertiary alicyclic amines) is 2. The predicted molar refractivity (Wildman–Crippen MR) is 264 cm³/mol. The van der Waals surface area contributed by atoms with Crippen molar-refractivity contribution in [2.45, 2.75) is 128 Å². The van der Waals surface area contributed by atoms with Gasteiger partial charge in [-0.15, -0.1) is 23.5 Å². The van der Waals surface area contributed by atoms with Gasteiger partial charge in [-0.2, -0.15) is 9.97 Å². The van der Waals surface area contributed by atoms with Gasteiger partial charge in [-0.25, -0.2) is 29.5 Å². The van der Waals surface area contributed by atoms with Gasteiger partial charge in [-0.3, -0.25) is 0 Å². The van der Waals surface area contributed by atoms with E-state index in [0.717, 1.165) is 50.7 Å². The Morgan fingerprint density at radius 2 is 1.18 bits per heavy atom. The third kappa shape index (κ3) is 17.8. The van der Waals surface area contributed by atoms with Crippen LogP contribution >= 0.6 is 35.1 Å². The molecule has 368 valence electrons. The number of nitrogens with two attached hydrogens (primary N) is 1. The number of anilines is 3. The summed E-state index contributed by atoms with van der Waals surface area (Å²) in [5, 5.41) is 5.58. The van der Waals surface area contributed by atoms with Gasteiger partial charge >= 0.3 is 12.2 Å². The molecule has 2 saturated heterocycles. The number of thioether (sulfide) groups is 2. The number of amides is 2. The lowest BCUT2D eigenvalue weighted by Gasteiger charge is -2.31. The van der Waals surface area contributed by atoms with Gasteiger partial charge in [0, 0.05) is 51.9 Å². The molecule has 21 heteroatoms. The first-order valence-electron chi connectivity index (χ1n) is 22.6. The SMILES string of the molecule is CCCSc1ccc(N)c(C)n1.CCCSc1ccc(Nc2ncnc(OC3CCN(C(=O)OC(C)C)CC3)c2OC)c(C)n1.COc1c(Cl)ncnc1OC1CCN(C(=O)OC(C)C)CC1. The molecular formula is C46H67ClN10O8S2. The highest BCUT2D eigenvalue weighted by molar-refractivity contribution is 7.99. The Bertz CT molecular complexity index is 2160. The van der Waals surface area contributed by atoms with Crippen LogP contribution in [0.1, 0.15) is 91.5 Å². The molecule has 2 fully saturated rings. The van der Waals surface area contributed by atoms with E-state index in [1.807, 2.05) is 65.8 Å². The molecule has 4 aromatic heterocycles. The van der Waals surface area contributed by atoms with Gasteiger partial charge in [-0.05, 0) is 90.2 Å². The summed E-state index contributed by atoms with van der Waals surface area (Å²) in [5.41, 5.74) is 9.06. The zero-order valence-electron chi connectivity index (χ0n) is 40.4. The number of carbonyl (C=O) groups is 2. The molecular weight excluding hydrogens is 920 g/mol. The standard InChI is InChI=1S/C23H33N5O4S.C14H20ClN3O4.C9H14N2S/c1-6-13-33-19-8-7-18(16(4)26-19)27-21-20(30-5)22(25-14-24-21)32-17-9-11-28(12-10-17)23(29)31-15(2)3;1-9(2)21-14(19)18-6-4-10(5-7-18)22-13-11(20-3)12(15)16-8-17-13;1-3-6-12-9-5-4-8(10)7(2)11-9/h7-8,14-15,17H,6,9-13H2,1-5H3,(H,24,25,27);8-10H,4-7H2,1-3H3;4-5H,3,6,10H2,1-2H3. The molecule has 0 spiro atoms. The summed E-state index contributed by atoms with van der Waals surface area (Å²) < 4.78 is 33.2. The van der Waals surface area contributed by atoms with E-state index < -0.39 is 0 Å². The van der Waals surface area contributed by atoms with Gasteiger partial charge in [0.15, 0.2) is 11.0 Å². The Balaban J connectivity index is 0.000000246. The maximum Gasteiger partial charge on any atom is 0.410 e. The van der Waals surface area contributed by atoms with Gasteiger partial charge in [0.05, 0.1) is 59.2 Å². The number of aromatic nitrogens is 6. The molecule has 18 nitrogen and oxygen atoms in total. The number of nitrogens with zero attached hydrogens (tertiary/aromatic N) is 8. The maximum absolute atomic E-state index is 12.1. The van der Waals surface area contributed by atoms with Gasteiger partial charge in [0.25, 0.3) is 11.8 Å². The van der Waals surface area contributed by atoms with E-state index in [2.05, 4.69) is 49.1 Å². The number of aryl methyl sites for hydroxylation is 2. The number of halogens is 1. The van der Waals surface area contributed by atoms with E-state index in [4.69, 9.17) is 45.8 Å². The Hall–Kier alpha value is -5.21. The average molecular weight is 988 g/mol. The van der Waals surface area contributed by atoms with Crippen molar-refractivity contribution < 1.29 is 38.0 Å². The molecule has 6 heterocycles. The largest absolute Gasteiger partial charge is 0.489 e. The van der Waals surface area contributed by atoms with Crippen molar-refractivity contribution >= 4 is 64.5 Å². The zero-order valence-corrected chi connectivity index (χ0v) is 42.8. The summed E-state index contributed by atoms with van der Waals surface area (Å²) in [5.74, 6) is 4.13. The van der Waals surface area contributed by atoms with Crippen LogP contribution < -0.4 is 30.0 Å². The van der Waals surface area contributed by atoms with Crippen LogP contribution in [0.15, 0.2) is 47.0 Å². The highest BCUT2D eigenvalue weighted by atomic mass is 35.5. The molecule has 0 aromatic carbocycles. The molecule has 3 N–H and O–H groups in total. The molecule has 67 heavy (non-hydrogen) atoms. The van der Waals surface area contributed by atoms with Crippen molar-refractivity contribution in [2.24, 2.45) is 0 Å². The zero-order chi connectivity index (χ0) is 48.9. The number of nitrogen functional groups attached to an aromatic ring is 1. The van der Waals surface area contributed by atoms with E-state index in [0.29, 0.717) is 80.9 Å². The summed E-state index contributed by atoms with van der Waals surface area (Å²) in [6.45, 7) is 17.9. The monoisotopic (exact) mass is 986 g/mol. The number of ether oxygens (including phenoxy) is 6. The minimum atomic E-state index is -0.281. The minimum absolute atomic E-state index is 0.0528. The third-order valence-electron chi connectivity index (χ3n) is 9.86. The summed E-state index contributed by atoms with van der Waals surface area (Å²) in [6.07, 6.45) is 6.87. The number of hydrogen-bond acceptors (Lipinski definition) is 18. The van der Waals surface area contributed by atoms with E-state index in [1.54, 1.807) is 40.4 Å². The van der Waals surface area contributed by atoms with Crippen molar-refractivity contribution in [3.05, 3.63) is 53.5 Å². The first-order chi connectivity index (χ1) is 32.1. The van der Waals surface area contributed by atoms with Crippen LogP contribution in [-0.2, 0) is 9.47 Å². The van der Waals surface area contributed by atoms with Crippen LogP contribution in [0.5, 0.6) is 23.3 Å². The van der Waals surface area contributed by atoms with Crippen molar-refractivity contribution in [1.82, 2.24) is 39.7 Å². The van der Waals surface area contributed by atoms with Crippen LogP contribution in [0.2, 0.25) is 5.15 Å². The Kier molecular flexibility index (Phi) is 22.9. The van der Waals surface area contributed by atoms with E-state index in [1.165, 1.54) is 26.2 Å². The van der Waals surface area contributed by atoms with Crippen LogP contribution in [0.4, 0.5) is 26.8 Å². The minimum Gasteiger partial charge on any atom is -0.489 e. The second-order valence-corrected chi connectivity index (χ2v) is 18.6. The number of carbonyl (C=O) groups excluding carboxylic acids is 2. The van der Waals surface area contributed by atoms with Crippen LogP contribution in [0.3, 0.4) is 0 Å². The molecule has 0 unspecified atom stereocenters. The van der Waals surface area contributed by atoms with Crippen LogP contribution in [-0.4, -0.2) is 128 Å². The van der Waals surface area contributed by atoms with Crippen molar-refractivity contribution in [2.75, 3.05) is 63.0 Å². The fourth-order valence-corrected chi connectivity index (χ4v) is 8.17. The first kappa shape index (κ1) is 54.4. The van der Waals surface area contributed by atoms with E-state index in [9.17, 15) is 9.59 Å². The van der Waals surface area contributed by atoms with Gasteiger partial charge < -0.3 is 49.3 Å². The summed E-state index contributed by atoms with van der Waals surface area (Å²) in [7, 11) is 3.05. The number of nitrogens with one attached hydrogen (secondary N) is 1. The smallest absolute Gasteiger partial charge is 0.410 e. The van der Waals surface area contributed by atoms with Crippen LogP contribution in [0.25, 0.3) is 0 Å². The third-order valence-corrected chi connectivity index (χ3v) is 12.4. The topological polar surface area (TPSA) is 211 Å². The molecule has 2 aliphatic heterocycles. The van der Waals surface area contributed by atoms with Gasteiger partial charge in [0.1, 0.15) is 24.9 Å². The van der Waals surface area contributed by atoms with Crippen LogP contribution in [0, 0.1) is 13.8 Å². The number of rotatable bonds is 16. The molecule has 0 bridgehead atoms. The molecule has 2 amide bonds. The van der Waals surface area contributed by atoms with Crippen molar-refractivity contribution in [1.29, 1.82) is 0 Å².